The highest BCUT2D eigenvalue weighted by atomic mass is 32.2. The lowest BCUT2D eigenvalue weighted by molar-refractivity contribution is 0.342. The molecule has 1 atom stereocenters. The largest absolute Gasteiger partial charge is 0.507 e. The van der Waals surface area contributed by atoms with E-state index in [9.17, 15) is 13.5 Å². The van der Waals surface area contributed by atoms with Gasteiger partial charge in [-0.15, -0.1) is 0 Å². The second-order valence-electron chi connectivity index (χ2n) is 4.87. The third kappa shape index (κ3) is 3.46. The molecule has 1 saturated heterocycles. The highest BCUT2D eigenvalue weighted by Crippen LogP contribution is 2.22. The summed E-state index contributed by atoms with van der Waals surface area (Å²) in [6.07, 6.45) is 1.01. The van der Waals surface area contributed by atoms with Gasteiger partial charge in [-0.3, -0.25) is 0 Å². The molecule has 2 rings (SSSR count). The summed E-state index contributed by atoms with van der Waals surface area (Å²) in [4.78, 5) is 2.25. The predicted octanol–water partition coefficient (Wildman–Crippen LogP) is 1.01. The number of phenolic OH excluding ortho intramolecular Hbond substituents is 1. The number of rotatable bonds is 5. The molecular weight excluding hydrogens is 264 g/mol. The predicted molar refractivity (Wildman–Crippen MR) is 73.5 cm³/mol. The van der Waals surface area contributed by atoms with Gasteiger partial charge in [0.05, 0.1) is 0 Å². The van der Waals surface area contributed by atoms with Crippen LogP contribution in [0, 0.1) is 5.92 Å². The molecule has 1 unspecified atom stereocenters. The summed E-state index contributed by atoms with van der Waals surface area (Å²) in [6.45, 7) is 5.49. The summed E-state index contributed by atoms with van der Waals surface area (Å²) < 4.78 is 26.7. The first-order chi connectivity index (χ1) is 9.03. The molecule has 1 aromatic carbocycles. The van der Waals surface area contributed by atoms with E-state index in [1.807, 2.05) is 0 Å². The molecule has 0 aromatic heterocycles. The minimum Gasteiger partial charge on any atom is -0.507 e. The normalized spacial score (nSPS) is 20.8. The quantitative estimate of drug-likeness (QED) is 0.847. The topological polar surface area (TPSA) is 69.6 Å². The molecule has 1 aliphatic heterocycles. The molecule has 19 heavy (non-hydrogen) atoms. The molecule has 0 aliphatic carbocycles. The first-order valence-electron chi connectivity index (χ1n) is 6.53. The summed E-state index contributed by atoms with van der Waals surface area (Å²) in [5, 5.41) is 9.59. The van der Waals surface area contributed by atoms with Crippen LogP contribution >= 0.6 is 0 Å². The number of para-hydroxylation sites is 1. The molecule has 106 valence electrons. The van der Waals surface area contributed by atoms with E-state index in [0.717, 1.165) is 26.1 Å². The Hall–Kier alpha value is -1.11. The minimum absolute atomic E-state index is 0.0552. The van der Waals surface area contributed by atoms with Crippen molar-refractivity contribution >= 4 is 10.0 Å². The van der Waals surface area contributed by atoms with Gasteiger partial charge in [0.15, 0.2) is 0 Å². The first-order valence-corrected chi connectivity index (χ1v) is 8.01. The Balaban J connectivity index is 1.97. The molecule has 1 aliphatic rings. The average molecular weight is 284 g/mol. The molecule has 1 fully saturated rings. The number of hydrogen-bond donors (Lipinski definition) is 2. The molecule has 0 bridgehead atoms. The van der Waals surface area contributed by atoms with E-state index in [4.69, 9.17) is 0 Å². The first kappa shape index (κ1) is 14.3. The maximum absolute atomic E-state index is 12.1. The SMILES string of the molecule is CCN1CCC(CNS(=O)(=O)c2ccccc2O)C1. The summed E-state index contributed by atoms with van der Waals surface area (Å²) in [7, 11) is -3.62. The number of hydrogen-bond acceptors (Lipinski definition) is 4. The highest BCUT2D eigenvalue weighted by molar-refractivity contribution is 7.89. The van der Waals surface area contributed by atoms with E-state index in [1.165, 1.54) is 12.1 Å². The van der Waals surface area contributed by atoms with Crippen LogP contribution in [0.3, 0.4) is 0 Å². The van der Waals surface area contributed by atoms with Gasteiger partial charge in [0.1, 0.15) is 10.6 Å². The van der Waals surface area contributed by atoms with Crippen molar-refractivity contribution in [1.82, 2.24) is 9.62 Å². The van der Waals surface area contributed by atoms with Crippen LogP contribution < -0.4 is 4.72 Å². The van der Waals surface area contributed by atoms with Crippen molar-refractivity contribution in [2.75, 3.05) is 26.2 Å². The zero-order chi connectivity index (χ0) is 13.9. The lowest BCUT2D eigenvalue weighted by atomic mass is 10.1. The smallest absolute Gasteiger partial charge is 0.244 e. The number of likely N-dealkylation sites (tertiary alicyclic amines) is 1. The van der Waals surface area contributed by atoms with Crippen molar-refractivity contribution in [1.29, 1.82) is 0 Å². The van der Waals surface area contributed by atoms with Gasteiger partial charge in [-0.25, -0.2) is 13.1 Å². The maximum Gasteiger partial charge on any atom is 0.244 e. The fourth-order valence-corrected chi connectivity index (χ4v) is 3.57. The van der Waals surface area contributed by atoms with Crippen molar-refractivity contribution < 1.29 is 13.5 Å². The van der Waals surface area contributed by atoms with Crippen LogP contribution in [0.5, 0.6) is 5.75 Å². The summed E-state index contributed by atoms with van der Waals surface area (Å²) in [5.74, 6) is 0.136. The van der Waals surface area contributed by atoms with E-state index in [0.29, 0.717) is 12.5 Å². The molecule has 5 nitrogen and oxygen atoms in total. The van der Waals surface area contributed by atoms with Gasteiger partial charge in [0.25, 0.3) is 0 Å². The Bertz CT molecular complexity index is 530. The van der Waals surface area contributed by atoms with Gasteiger partial charge in [0, 0.05) is 13.1 Å². The molecule has 0 saturated carbocycles. The van der Waals surface area contributed by atoms with Crippen molar-refractivity contribution in [2.24, 2.45) is 5.92 Å². The second kappa shape index (κ2) is 5.90. The molecule has 1 heterocycles. The standard InChI is InChI=1S/C13H20N2O3S/c1-2-15-8-7-11(10-15)9-14-19(17,18)13-6-4-3-5-12(13)16/h3-6,11,14,16H,2,7-10H2,1H3. The van der Waals surface area contributed by atoms with Gasteiger partial charge in [-0.2, -0.15) is 0 Å². The van der Waals surface area contributed by atoms with Crippen LogP contribution in [0.1, 0.15) is 13.3 Å². The van der Waals surface area contributed by atoms with E-state index >= 15 is 0 Å². The van der Waals surface area contributed by atoms with Crippen molar-refractivity contribution in [3.63, 3.8) is 0 Å². The molecule has 0 radical (unpaired) electrons. The Labute approximate surface area is 114 Å². The van der Waals surface area contributed by atoms with Gasteiger partial charge in [-0.1, -0.05) is 19.1 Å². The van der Waals surface area contributed by atoms with E-state index in [-0.39, 0.29) is 10.6 Å². The van der Waals surface area contributed by atoms with Gasteiger partial charge < -0.3 is 10.0 Å². The minimum atomic E-state index is -3.62. The molecule has 2 N–H and O–H groups in total. The average Bonchev–Trinajstić information content (AvgIpc) is 2.85. The van der Waals surface area contributed by atoms with E-state index in [1.54, 1.807) is 12.1 Å². The monoisotopic (exact) mass is 284 g/mol. The fraction of sp³-hybridized carbons (Fsp3) is 0.538. The number of benzene rings is 1. The van der Waals surface area contributed by atoms with Crippen molar-refractivity contribution in [3.05, 3.63) is 24.3 Å². The summed E-state index contributed by atoms with van der Waals surface area (Å²) in [5.41, 5.74) is 0. The molecular formula is C13H20N2O3S. The highest BCUT2D eigenvalue weighted by Gasteiger charge is 2.24. The van der Waals surface area contributed by atoms with Crippen LogP contribution in [0.25, 0.3) is 0 Å². The number of aromatic hydroxyl groups is 1. The Kier molecular flexibility index (Phi) is 4.44. The fourth-order valence-electron chi connectivity index (χ4n) is 2.36. The molecule has 0 spiro atoms. The van der Waals surface area contributed by atoms with Crippen LogP contribution in [-0.4, -0.2) is 44.6 Å². The van der Waals surface area contributed by atoms with Crippen LogP contribution in [0.15, 0.2) is 29.2 Å². The summed E-state index contributed by atoms with van der Waals surface area (Å²) in [6, 6.07) is 5.99. The van der Waals surface area contributed by atoms with Gasteiger partial charge >= 0.3 is 0 Å². The third-order valence-corrected chi connectivity index (χ3v) is 5.00. The Morgan fingerprint density at radius 1 is 1.42 bits per heavy atom. The molecule has 0 amide bonds. The molecule has 1 aromatic rings. The number of phenols is 1. The maximum atomic E-state index is 12.1. The number of nitrogens with one attached hydrogen (secondary N) is 1. The second-order valence-corrected chi connectivity index (χ2v) is 6.60. The number of sulfonamides is 1. The zero-order valence-electron chi connectivity index (χ0n) is 11.0. The Morgan fingerprint density at radius 2 is 2.16 bits per heavy atom. The number of nitrogens with zero attached hydrogens (tertiary/aromatic N) is 1. The van der Waals surface area contributed by atoms with Crippen LogP contribution in [-0.2, 0) is 10.0 Å². The van der Waals surface area contributed by atoms with E-state index in [2.05, 4.69) is 16.5 Å². The summed E-state index contributed by atoms with van der Waals surface area (Å²) >= 11 is 0. The third-order valence-electron chi connectivity index (χ3n) is 3.53. The lowest BCUT2D eigenvalue weighted by Gasteiger charge is -2.14. The van der Waals surface area contributed by atoms with Crippen LogP contribution in [0.4, 0.5) is 0 Å². The van der Waals surface area contributed by atoms with E-state index < -0.39 is 10.0 Å². The van der Waals surface area contributed by atoms with Crippen molar-refractivity contribution in [3.8, 4) is 5.75 Å². The lowest BCUT2D eigenvalue weighted by Crippen LogP contribution is -2.31. The Morgan fingerprint density at radius 3 is 2.79 bits per heavy atom. The van der Waals surface area contributed by atoms with Gasteiger partial charge in [-0.05, 0) is 37.6 Å². The zero-order valence-corrected chi connectivity index (χ0v) is 11.9. The van der Waals surface area contributed by atoms with Crippen LogP contribution in [0.2, 0.25) is 0 Å². The van der Waals surface area contributed by atoms with Gasteiger partial charge in [0.2, 0.25) is 10.0 Å². The van der Waals surface area contributed by atoms with Crippen molar-refractivity contribution in [2.45, 2.75) is 18.2 Å². The molecule has 6 heteroatoms.